The molecule has 0 spiro atoms. The lowest BCUT2D eigenvalue weighted by atomic mass is 9.86. The summed E-state index contributed by atoms with van der Waals surface area (Å²) in [6.07, 6.45) is 2.83. The van der Waals surface area contributed by atoms with Crippen LogP contribution in [0.1, 0.15) is 25.1 Å². The summed E-state index contributed by atoms with van der Waals surface area (Å²) in [5.74, 6) is 0.803. The topological polar surface area (TPSA) is 49.3 Å². The SMILES string of the molecule is CN=C(NCc1ccccn1)NCC(C)(C)Cc1ccccc1. The molecule has 1 aromatic heterocycles. The van der Waals surface area contributed by atoms with Crippen molar-refractivity contribution in [1.82, 2.24) is 15.6 Å². The number of nitrogens with one attached hydrogen (secondary N) is 2. The lowest BCUT2D eigenvalue weighted by Crippen LogP contribution is -2.42. The van der Waals surface area contributed by atoms with Gasteiger partial charge in [-0.3, -0.25) is 9.98 Å². The van der Waals surface area contributed by atoms with E-state index in [4.69, 9.17) is 0 Å². The highest BCUT2D eigenvalue weighted by Gasteiger charge is 2.18. The van der Waals surface area contributed by atoms with Gasteiger partial charge in [0, 0.05) is 19.8 Å². The van der Waals surface area contributed by atoms with Crippen molar-refractivity contribution in [3.8, 4) is 0 Å². The maximum absolute atomic E-state index is 4.30. The number of guanidine groups is 1. The third-order valence-corrected chi connectivity index (χ3v) is 3.65. The van der Waals surface area contributed by atoms with Crippen molar-refractivity contribution in [2.45, 2.75) is 26.8 Å². The molecule has 0 fully saturated rings. The van der Waals surface area contributed by atoms with Gasteiger partial charge >= 0.3 is 0 Å². The van der Waals surface area contributed by atoms with Gasteiger partial charge in [-0.05, 0) is 29.5 Å². The monoisotopic (exact) mass is 310 g/mol. The van der Waals surface area contributed by atoms with Crippen molar-refractivity contribution in [2.75, 3.05) is 13.6 Å². The predicted molar refractivity (Wildman–Crippen MR) is 96.4 cm³/mol. The van der Waals surface area contributed by atoms with E-state index < -0.39 is 0 Å². The fraction of sp³-hybridized carbons (Fsp3) is 0.368. The first kappa shape index (κ1) is 17.0. The molecule has 2 rings (SSSR count). The molecule has 0 aliphatic carbocycles. The fourth-order valence-corrected chi connectivity index (χ4v) is 2.43. The molecular weight excluding hydrogens is 284 g/mol. The summed E-state index contributed by atoms with van der Waals surface area (Å²) in [4.78, 5) is 8.58. The van der Waals surface area contributed by atoms with E-state index in [0.717, 1.165) is 24.6 Å². The number of rotatable bonds is 6. The summed E-state index contributed by atoms with van der Waals surface area (Å²) in [6, 6.07) is 16.5. The molecule has 0 saturated heterocycles. The summed E-state index contributed by atoms with van der Waals surface area (Å²) >= 11 is 0. The molecule has 0 aliphatic rings. The van der Waals surface area contributed by atoms with Crippen molar-refractivity contribution in [3.05, 3.63) is 66.0 Å². The number of pyridine rings is 1. The van der Waals surface area contributed by atoms with E-state index in [1.165, 1.54) is 5.56 Å². The van der Waals surface area contributed by atoms with Crippen molar-refractivity contribution < 1.29 is 0 Å². The Morgan fingerprint density at radius 2 is 1.78 bits per heavy atom. The number of aliphatic imine (C=N–C) groups is 1. The minimum absolute atomic E-state index is 0.143. The standard InChI is InChI=1S/C19H26N4/c1-19(2,13-16-9-5-4-6-10-16)15-23-18(20-3)22-14-17-11-7-8-12-21-17/h4-12H,13-15H2,1-3H3,(H2,20,22,23). The second kappa shape index (κ2) is 8.32. The molecule has 4 nitrogen and oxygen atoms in total. The van der Waals surface area contributed by atoms with Gasteiger partial charge < -0.3 is 10.6 Å². The average molecular weight is 310 g/mol. The van der Waals surface area contributed by atoms with Gasteiger partial charge in [-0.2, -0.15) is 0 Å². The van der Waals surface area contributed by atoms with Gasteiger partial charge in [0.05, 0.1) is 12.2 Å². The molecule has 0 aliphatic heterocycles. The summed E-state index contributed by atoms with van der Waals surface area (Å²) < 4.78 is 0. The van der Waals surface area contributed by atoms with E-state index in [2.05, 4.69) is 64.8 Å². The third-order valence-electron chi connectivity index (χ3n) is 3.65. The van der Waals surface area contributed by atoms with Gasteiger partial charge in [0.25, 0.3) is 0 Å². The van der Waals surface area contributed by atoms with Crippen LogP contribution in [0, 0.1) is 5.41 Å². The first-order valence-corrected chi connectivity index (χ1v) is 7.97. The molecule has 122 valence electrons. The Bertz CT molecular complexity index is 606. The Hall–Kier alpha value is -2.36. The summed E-state index contributed by atoms with van der Waals surface area (Å²) in [5, 5.41) is 6.71. The van der Waals surface area contributed by atoms with Crippen molar-refractivity contribution in [1.29, 1.82) is 0 Å². The molecule has 0 bridgehead atoms. The van der Waals surface area contributed by atoms with E-state index >= 15 is 0 Å². The summed E-state index contributed by atoms with van der Waals surface area (Å²) in [6.45, 7) is 6.04. The minimum atomic E-state index is 0.143. The maximum Gasteiger partial charge on any atom is 0.191 e. The van der Waals surface area contributed by atoms with Crippen molar-refractivity contribution >= 4 is 5.96 Å². The van der Waals surface area contributed by atoms with Gasteiger partial charge in [0.15, 0.2) is 5.96 Å². The highest BCUT2D eigenvalue weighted by Crippen LogP contribution is 2.20. The van der Waals surface area contributed by atoms with Crippen LogP contribution in [-0.2, 0) is 13.0 Å². The Morgan fingerprint density at radius 3 is 2.43 bits per heavy atom. The fourth-order valence-electron chi connectivity index (χ4n) is 2.43. The molecule has 1 heterocycles. The minimum Gasteiger partial charge on any atom is -0.356 e. The number of hydrogen-bond acceptors (Lipinski definition) is 2. The molecule has 0 radical (unpaired) electrons. The number of aromatic nitrogens is 1. The van der Waals surface area contributed by atoms with E-state index in [0.29, 0.717) is 6.54 Å². The molecule has 0 unspecified atom stereocenters. The van der Waals surface area contributed by atoms with Crippen molar-refractivity contribution in [3.63, 3.8) is 0 Å². The first-order chi connectivity index (χ1) is 11.1. The van der Waals surface area contributed by atoms with Crippen LogP contribution in [0.5, 0.6) is 0 Å². The third kappa shape index (κ3) is 6.10. The van der Waals surface area contributed by atoms with Gasteiger partial charge in [0.1, 0.15) is 0 Å². The lowest BCUT2D eigenvalue weighted by Gasteiger charge is -2.26. The van der Waals surface area contributed by atoms with Crippen LogP contribution < -0.4 is 10.6 Å². The highest BCUT2D eigenvalue weighted by atomic mass is 15.2. The van der Waals surface area contributed by atoms with E-state index in [9.17, 15) is 0 Å². The molecule has 4 heteroatoms. The summed E-state index contributed by atoms with van der Waals surface area (Å²) in [7, 11) is 1.79. The largest absolute Gasteiger partial charge is 0.356 e. The Labute approximate surface area is 139 Å². The Morgan fingerprint density at radius 1 is 1.04 bits per heavy atom. The lowest BCUT2D eigenvalue weighted by molar-refractivity contribution is 0.359. The summed E-state index contributed by atoms with van der Waals surface area (Å²) in [5.41, 5.74) is 2.50. The molecular formula is C19H26N4. The van der Waals surface area contributed by atoms with Crippen LogP contribution in [-0.4, -0.2) is 24.5 Å². The Kier molecular flexibility index (Phi) is 6.15. The molecule has 0 atom stereocenters. The van der Waals surface area contributed by atoms with Crippen LogP contribution >= 0.6 is 0 Å². The van der Waals surface area contributed by atoms with Crippen LogP contribution in [0.25, 0.3) is 0 Å². The van der Waals surface area contributed by atoms with Gasteiger partial charge in [0.2, 0.25) is 0 Å². The molecule has 2 N–H and O–H groups in total. The quantitative estimate of drug-likeness (QED) is 0.637. The zero-order valence-corrected chi connectivity index (χ0v) is 14.2. The van der Waals surface area contributed by atoms with Gasteiger partial charge in [-0.15, -0.1) is 0 Å². The molecule has 0 amide bonds. The smallest absolute Gasteiger partial charge is 0.191 e. The zero-order valence-electron chi connectivity index (χ0n) is 14.2. The van der Waals surface area contributed by atoms with E-state index in [1.54, 1.807) is 13.2 Å². The normalized spacial score (nSPS) is 12.0. The highest BCUT2D eigenvalue weighted by molar-refractivity contribution is 5.79. The van der Waals surface area contributed by atoms with Gasteiger partial charge in [-0.1, -0.05) is 50.2 Å². The van der Waals surface area contributed by atoms with Crippen LogP contribution in [0.2, 0.25) is 0 Å². The zero-order chi connectivity index (χ0) is 16.5. The Balaban J connectivity index is 1.82. The average Bonchev–Trinajstić information content (AvgIpc) is 2.56. The first-order valence-electron chi connectivity index (χ1n) is 7.97. The van der Waals surface area contributed by atoms with Crippen LogP contribution in [0.4, 0.5) is 0 Å². The number of nitrogens with zero attached hydrogens (tertiary/aromatic N) is 2. The van der Waals surface area contributed by atoms with Crippen LogP contribution in [0.15, 0.2) is 59.7 Å². The van der Waals surface area contributed by atoms with E-state index in [1.807, 2.05) is 18.2 Å². The van der Waals surface area contributed by atoms with Crippen LogP contribution in [0.3, 0.4) is 0 Å². The number of benzene rings is 1. The molecule has 0 saturated carbocycles. The second-order valence-electron chi connectivity index (χ2n) is 6.43. The number of hydrogen-bond donors (Lipinski definition) is 2. The second-order valence-corrected chi connectivity index (χ2v) is 6.43. The van der Waals surface area contributed by atoms with Crippen molar-refractivity contribution in [2.24, 2.45) is 10.4 Å². The molecule has 1 aromatic carbocycles. The predicted octanol–water partition coefficient (Wildman–Crippen LogP) is 3.02. The molecule has 23 heavy (non-hydrogen) atoms. The van der Waals surface area contributed by atoms with E-state index in [-0.39, 0.29) is 5.41 Å². The maximum atomic E-state index is 4.30. The van der Waals surface area contributed by atoms with Gasteiger partial charge in [-0.25, -0.2) is 0 Å². The molecule has 2 aromatic rings.